The number of nitrogens with zero attached hydrogens (tertiary/aromatic N) is 4. The Morgan fingerprint density at radius 1 is 0.968 bits per heavy atom. The quantitative estimate of drug-likeness (QED) is 0.643. The number of benzene rings is 2. The van der Waals surface area contributed by atoms with Crippen molar-refractivity contribution < 1.29 is 9.59 Å². The summed E-state index contributed by atoms with van der Waals surface area (Å²) in [6.07, 6.45) is 3.39. The van der Waals surface area contributed by atoms with Gasteiger partial charge in [0.25, 0.3) is 5.91 Å². The Balaban J connectivity index is 1.23. The van der Waals surface area contributed by atoms with Gasteiger partial charge in [-0.2, -0.15) is 5.10 Å². The van der Waals surface area contributed by atoms with E-state index in [1.807, 2.05) is 41.3 Å². The molecule has 1 saturated heterocycles. The van der Waals surface area contributed by atoms with E-state index in [4.69, 9.17) is 11.6 Å². The Labute approximate surface area is 186 Å². The fourth-order valence-electron chi connectivity index (χ4n) is 3.61. The largest absolute Gasteiger partial charge is 0.368 e. The molecule has 3 aromatic rings. The third-order valence-corrected chi connectivity index (χ3v) is 5.64. The lowest BCUT2D eigenvalue weighted by Gasteiger charge is -2.36. The molecule has 1 aliphatic heterocycles. The third kappa shape index (κ3) is 5.06. The molecule has 0 radical (unpaired) electrons. The second-order valence-corrected chi connectivity index (χ2v) is 7.74. The normalized spacial score (nSPS) is 13.8. The average Bonchev–Trinajstić information content (AvgIpc) is 3.30. The van der Waals surface area contributed by atoms with Crippen molar-refractivity contribution in [2.24, 2.45) is 0 Å². The number of anilines is 1. The van der Waals surface area contributed by atoms with Crippen molar-refractivity contribution in [1.29, 1.82) is 0 Å². The highest BCUT2D eigenvalue weighted by molar-refractivity contribution is 6.32. The molecule has 4 rings (SSSR count). The van der Waals surface area contributed by atoms with Crippen molar-refractivity contribution in [1.82, 2.24) is 20.0 Å². The van der Waals surface area contributed by atoms with Crippen LogP contribution in [0.1, 0.15) is 16.8 Å². The van der Waals surface area contributed by atoms with E-state index in [-0.39, 0.29) is 24.8 Å². The predicted octanol–water partition coefficient (Wildman–Crippen LogP) is 2.99. The smallest absolute Gasteiger partial charge is 0.254 e. The van der Waals surface area contributed by atoms with Crippen LogP contribution in [-0.2, 0) is 4.79 Å². The van der Waals surface area contributed by atoms with Gasteiger partial charge in [-0.25, -0.2) is 4.68 Å². The fraction of sp³-hybridized carbons (Fsp3) is 0.261. The summed E-state index contributed by atoms with van der Waals surface area (Å²) in [5, 5.41) is 7.56. The zero-order chi connectivity index (χ0) is 21.6. The minimum Gasteiger partial charge on any atom is -0.368 e. The lowest BCUT2D eigenvalue weighted by Crippen LogP contribution is -2.49. The molecule has 0 atom stereocenters. The molecular weight excluding hydrogens is 414 g/mol. The second-order valence-electron chi connectivity index (χ2n) is 7.33. The summed E-state index contributed by atoms with van der Waals surface area (Å²) >= 11 is 6.18. The highest BCUT2D eigenvalue weighted by Gasteiger charge is 2.21. The van der Waals surface area contributed by atoms with Gasteiger partial charge in [0.05, 0.1) is 22.5 Å². The maximum atomic E-state index is 12.5. The summed E-state index contributed by atoms with van der Waals surface area (Å²) in [4.78, 5) is 29.1. The van der Waals surface area contributed by atoms with Gasteiger partial charge in [-0.05, 0) is 24.3 Å². The Morgan fingerprint density at radius 3 is 2.42 bits per heavy atom. The van der Waals surface area contributed by atoms with Crippen LogP contribution in [0.25, 0.3) is 5.69 Å². The summed E-state index contributed by atoms with van der Waals surface area (Å²) in [6.45, 7) is 3.28. The van der Waals surface area contributed by atoms with E-state index in [0.717, 1.165) is 13.1 Å². The molecule has 0 bridgehead atoms. The van der Waals surface area contributed by atoms with E-state index in [1.165, 1.54) is 11.9 Å². The number of amides is 2. The number of hydrogen-bond acceptors (Lipinski definition) is 4. The van der Waals surface area contributed by atoms with E-state index < -0.39 is 0 Å². The average molecular weight is 438 g/mol. The molecular formula is C23H24ClN5O2. The van der Waals surface area contributed by atoms with Crippen LogP contribution in [-0.4, -0.2) is 59.2 Å². The summed E-state index contributed by atoms with van der Waals surface area (Å²) in [5.41, 5.74) is 2.30. The van der Waals surface area contributed by atoms with E-state index >= 15 is 0 Å². The number of para-hydroxylation sites is 2. The van der Waals surface area contributed by atoms with Crippen molar-refractivity contribution in [2.45, 2.75) is 6.42 Å². The van der Waals surface area contributed by atoms with Crippen molar-refractivity contribution >= 4 is 29.1 Å². The third-order valence-electron chi connectivity index (χ3n) is 5.32. The second kappa shape index (κ2) is 9.66. The first-order valence-electron chi connectivity index (χ1n) is 10.3. The first kappa shape index (κ1) is 20.9. The summed E-state index contributed by atoms with van der Waals surface area (Å²) in [7, 11) is 0. The lowest BCUT2D eigenvalue weighted by molar-refractivity contribution is -0.131. The summed E-state index contributed by atoms with van der Waals surface area (Å²) < 4.78 is 1.56. The van der Waals surface area contributed by atoms with E-state index in [1.54, 1.807) is 16.9 Å². The maximum absolute atomic E-state index is 12.5. The minimum atomic E-state index is -0.264. The number of halogens is 1. The number of hydrogen-bond donors (Lipinski definition) is 1. The van der Waals surface area contributed by atoms with Gasteiger partial charge in [0.15, 0.2) is 0 Å². The molecule has 1 fully saturated rings. The van der Waals surface area contributed by atoms with Crippen LogP contribution in [0.2, 0.25) is 5.02 Å². The number of rotatable bonds is 6. The van der Waals surface area contributed by atoms with Crippen LogP contribution >= 0.6 is 11.6 Å². The molecule has 2 aromatic carbocycles. The topological polar surface area (TPSA) is 70.5 Å². The number of carbonyl (C=O) groups excluding carboxylic acids is 2. The molecule has 7 nitrogen and oxygen atoms in total. The first-order valence-corrected chi connectivity index (χ1v) is 10.6. The van der Waals surface area contributed by atoms with Crippen LogP contribution < -0.4 is 10.2 Å². The predicted molar refractivity (Wildman–Crippen MR) is 121 cm³/mol. The number of aromatic nitrogens is 2. The van der Waals surface area contributed by atoms with Gasteiger partial charge >= 0.3 is 0 Å². The molecule has 1 aliphatic rings. The van der Waals surface area contributed by atoms with Gasteiger partial charge in [-0.3, -0.25) is 9.59 Å². The van der Waals surface area contributed by atoms with Crippen molar-refractivity contribution in [2.75, 3.05) is 37.6 Å². The maximum Gasteiger partial charge on any atom is 0.254 e. The highest BCUT2D eigenvalue weighted by Crippen LogP contribution is 2.19. The van der Waals surface area contributed by atoms with Crippen molar-refractivity contribution in [3.63, 3.8) is 0 Å². The van der Waals surface area contributed by atoms with E-state index in [0.29, 0.717) is 29.4 Å². The Hall–Kier alpha value is -3.32. The number of carbonyl (C=O) groups is 2. The lowest BCUT2D eigenvalue weighted by atomic mass is 10.2. The molecule has 31 heavy (non-hydrogen) atoms. The zero-order valence-electron chi connectivity index (χ0n) is 17.1. The molecule has 0 unspecified atom stereocenters. The summed E-state index contributed by atoms with van der Waals surface area (Å²) in [5.74, 6) is -0.209. The minimum absolute atomic E-state index is 0.0553. The number of piperazine rings is 1. The monoisotopic (exact) mass is 437 g/mol. The van der Waals surface area contributed by atoms with E-state index in [2.05, 4.69) is 27.4 Å². The SMILES string of the molecule is O=C(NCCC(=O)N1CCN(c2ccccc2)CC1)c1cnn(-c2ccccc2Cl)c1. The van der Waals surface area contributed by atoms with Gasteiger partial charge in [-0.1, -0.05) is 41.9 Å². The Kier molecular flexibility index (Phi) is 6.52. The van der Waals surface area contributed by atoms with Crippen molar-refractivity contribution in [3.8, 4) is 5.69 Å². The van der Waals surface area contributed by atoms with Gasteiger partial charge in [0, 0.05) is 51.0 Å². The number of nitrogens with one attached hydrogen (secondary N) is 1. The molecule has 0 spiro atoms. The fourth-order valence-corrected chi connectivity index (χ4v) is 3.83. The molecule has 1 aromatic heterocycles. The molecule has 2 amide bonds. The van der Waals surface area contributed by atoms with Crippen LogP contribution in [0.4, 0.5) is 5.69 Å². The molecule has 0 saturated carbocycles. The van der Waals surface area contributed by atoms with Gasteiger partial charge in [-0.15, -0.1) is 0 Å². The van der Waals surface area contributed by atoms with Gasteiger partial charge < -0.3 is 15.1 Å². The van der Waals surface area contributed by atoms with Crippen LogP contribution in [0, 0.1) is 0 Å². The van der Waals surface area contributed by atoms with E-state index in [9.17, 15) is 9.59 Å². The molecule has 1 N–H and O–H groups in total. The molecule has 2 heterocycles. The Bertz CT molecular complexity index is 1040. The Morgan fingerprint density at radius 2 is 1.68 bits per heavy atom. The van der Waals surface area contributed by atoms with Crippen LogP contribution in [0.15, 0.2) is 67.0 Å². The summed E-state index contributed by atoms with van der Waals surface area (Å²) in [6, 6.07) is 17.5. The molecule has 8 heteroatoms. The molecule has 0 aliphatic carbocycles. The first-order chi connectivity index (χ1) is 15.1. The van der Waals surface area contributed by atoms with Crippen LogP contribution in [0.5, 0.6) is 0 Å². The standard InChI is InChI=1S/C23H24ClN5O2/c24-20-8-4-5-9-21(20)29-17-18(16-26-29)23(31)25-11-10-22(30)28-14-12-27(13-15-28)19-6-2-1-3-7-19/h1-9,16-17H,10-15H2,(H,25,31). The highest BCUT2D eigenvalue weighted by atomic mass is 35.5. The van der Waals surface area contributed by atoms with Crippen LogP contribution in [0.3, 0.4) is 0 Å². The zero-order valence-corrected chi connectivity index (χ0v) is 17.8. The van der Waals surface area contributed by atoms with Gasteiger partial charge in [0.2, 0.25) is 5.91 Å². The van der Waals surface area contributed by atoms with Crippen molar-refractivity contribution in [3.05, 3.63) is 77.6 Å². The molecule has 160 valence electrons. The van der Waals surface area contributed by atoms with Gasteiger partial charge in [0.1, 0.15) is 0 Å².